The second-order valence-electron chi connectivity index (χ2n) is 3.48. The predicted octanol–water partition coefficient (Wildman–Crippen LogP) is 1.25. The minimum absolute atomic E-state index is 0.00803. The van der Waals surface area contributed by atoms with E-state index in [0.717, 1.165) is 0 Å². The van der Waals surface area contributed by atoms with E-state index in [4.69, 9.17) is 5.11 Å². The first-order valence-electron chi connectivity index (χ1n) is 4.76. The molecule has 1 aromatic rings. The van der Waals surface area contributed by atoms with Crippen molar-refractivity contribution >= 4 is 26.8 Å². The van der Waals surface area contributed by atoms with Crippen molar-refractivity contribution in [2.75, 3.05) is 6.61 Å². The number of nitrogens with zero attached hydrogens (tertiary/aromatic N) is 1. The number of sulfonamides is 1. The number of benzene rings is 1. The van der Waals surface area contributed by atoms with Gasteiger partial charge in [-0.2, -0.15) is 12.8 Å². The number of thioether (sulfide) groups is 1. The summed E-state index contributed by atoms with van der Waals surface area (Å²) in [4.78, 5) is 0.252. The third kappa shape index (κ3) is 2.00. The van der Waals surface area contributed by atoms with Crippen LogP contribution in [0.4, 0.5) is 0 Å². The number of rotatable bonds is 2. The normalized spacial score (nSPS) is 19.0. The van der Waals surface area contributed by atoms with E-state index in [2.05, 4.69) is 4.40 Å². The minimum Gasteiger partial charge on any atom is -0.395 e. The summed E-state index contributed by atoms with van der Waals surface area (Å²) >= 11 is 1.27. The summed E-state index contributed by atoms with van der Waals surface area (Å²) in [6.07, 6.45) is 0. The smallest absolute Gasteiger partial charge is 0.284 e. The molecular formula is C10H11NO3S2. The summed E-state index contributed by atoms with van der Waals surface area (Å²) in [5, 5.41) is 9.35. The Morgan fingerprint density at radius 1 is 1.44 bits per heavy atom. The molecule has 4 nitrogen and oxygen atoms in total. The van der Waals surface area contributed by atoms with Crippen molar-refractivity contribution in [3.05, 3.63) is 29.8 Å². The van der Waals surface area contributed by atoms with Gasteiger partial charge in [0.2, 0.25) is 0 Å². The van der Waals surface area contributed by atoms with E-state index >= 15 is 0 Å². The number of aliphatic hydroxyl groups excluding tert-OH is 1. The summed E-state index contributed by atoms with van der Waals surface area (Å²) < 4.78 is 27.1. The lowest BCUT2D eigenvalue weighted by Gasteiger charge is -2.06. The van der Waals surface area contributed by atoms with E-state index in [0.29, 0.717) is 10.6 Å². The van der Waals surface area contributed by atoms with Crippen LogP contribution in [0.5, 0.6) is 0 Å². The second kappa shape index (κ2) is 4.20. The van der Waals surface area contributed by atoms with Crippen LogP contribution in [-0.2, 0) is 10.0 Å². The SMILES string of the molecule is CC(CO)SC1=NS(=O)(=O)c2ccccc21. The molecule has 0 saturated carbocycles. The summed E-state index contributed by atoms with van der Waals surface area (Å²) in [6.45, 7) is 1.81. The van der Waals surface area contributed by atoms with Gasteiger partial charge in [0.25, 0.3) is 10.0 Å². The third-order valence-corrected chi connectivity index (χ3v) is 4.70. The highest BCUT2D eigenvalue weighted by atomic mass is 32.2. The van der Waals surface area contributed by atoms with Crippen LogP contribution >= 0.6 is 11.8 Å². The van der Waals surface area contributed by atoms with Crippen molar-refractivity contribution in [3.63, 3.8) is 0 Å². The summed E-state index contributed by atoms with van der Waals surface area (Å²) in [6, 6.07) is 6.73. The van der Waals surface area contributed by atoms with Crippen LogP contribution in [0.15, 0.2) is 33.6 Å². The van der Waals surface area contributed by atoms with Crippen molar-refractivity contribution in [1.82, 2.24) is 0 Å². The fourth-order valence-electron chi connectivity index (χ4n) is 1.39. The Bertz CT molecular complexity index is 537. The molecule has 16 heavy (non-hydrogen) atoms. The van der Waals surface area contributed by atoms with Crippen molar-refractivity contribution < 1.29 is 13.5 Å². The van der Waals surface area contributed by atoms with E-state index in [1.165, 1.54) is 11.8 Å². The van der Waals surface area contributed by atoms with Gasteiger partial charge in [-0.15, -0.1) is 0 Å². The van der Waals surface area contributed by atoms with Gasteiger partial charge in [-0.05, 0) is 6.07 Å². The van der Waals surface area contributed by atoms with Crippen molar-refractivity contribution in [1.29, 1.82) is 0 Å². The lowest BCUT2D eigenvalue weighted by atomic mass is 10.2. The monoisotopic (exact) mass is 257 g/mol. The molecule has 1 unspecified atom stereocenters. The van der Waals surface area contributed by atoms with Crippen LogP contribution in [0, 0.1) is 0 Å². The average Bonchev–Trinajstić information content (AvgIpc) is 2.51. The standard InChI is InChI=1S/C10H11NO3S2/c1-7(6-12)15-10-8-4-2-3-5-9(8)16(13,14)11-10/h2-5,7,12H,6H2,1H3. The second-order valence-corrected chi connectivity index (χ2v) is 6.48. The molecule has 0 amide bonds. The lowest BCUT2D eigenvalue weighted by molar-refractivity contribution is 0.300. The Kier molecular flexibility index (Phi) is 3.05. The molecule has 1 aromatic carbocycles. The van der Waals surface area contributed by atoms with Crippen LogP contribution in [0.3, 0.4) is 0 Å². The molecule has 0 aliphatic carbocycles. The van der Waals surface area contributed by atoms with Crippen molar-refractivity contribution in [2.24, 2.45) is 4.40 Å². The molecule has 2 rings (SSSR count). The van der Waals surface area contributed by atoms with Gasteiger partial charge in [-0.1, -0.05) is 36.9 Å². The largest absolute Gasteiger partial charge is 0.395 e. The predicted molar refractivity (Wildman–Crippen MR) is 64.3 cm³/mol. The summed E-state index contributed by atoms with van der Waals surface area (Å²) in [5.74, 6) is 0. The molecule has 1 heterocycles. The molecule has 1 aliphatic heterocycles. The Hall–Kier alpha value is -0.850. The van der Waals surface area contributed by atoms with Crippen molar-refractivity contribution in [2.45, 2.75) is 17.1 Å². The van der Waals surface area contributed by atoms with Gasteiger partial charge >= 0.3 is 0 Å². The zero-order valence-corrected chi connectivity index (χ0v) is 10.3. The van der Waals surface area contributed by atoms with E-state index in [1.807, 2.05) is 6.92 Å². The summed E-state index contributed by atoms with van der Waals surface area (Å²) in [5.41, 5.74) is 0.632. The molecule has 1 atom stereocenters. The maximum absolute atomic E-state index is 11.7. The number of hydrogen-bond donors (Lipinski definition) is 1. The number of fused-ring (bicyclic) bond motifs is 1. The van der Waals surface area contributed by atoms with Crippen LogP contribution in [0.2, 0.25) is 0 Å². The molecule has 0 saturated heterocycles. The molecular weight excluding hydrogens is 246 g/mol. The quantitative estimate of drug-likeness (QED) is 0.866. The van der Waals surface area contributed by atoms with Crippen LogP contribution in [0.25, 0.3) is 0 Å². The lowest BCUT2D eigenvalue weighted by Crippen LogP contribution is -2.06. The molecule has 6 heteroatoms. The molecule has 86 valence electrons. The number of hydrogen-bond acceptors (Lipinski definition) is 4. The molecule has 1 N–H and O–H groups in total. The van der Waals surface area contributed by atoms with Gasteiger partial charge < -0.3 is 5.11 Å². The minimum atomic E-state index is -3.52. The molecule has 0 fully saturated rings. The molecule has 0 bridgehead atoms. The van der Waals surface area contributed by atoms with E-state index in [9.17, 15) is 8.42 Å². The molecule has 0 spiro atoms. The Morgan fingerprint density at radius 2 is 2.12 bits per heavy atom. The van der Waals surface area contributed by atoms with Crippen LogP contribution < -0.4 is 0 Å². The highest BCUT2D eigenvalue weighted by Crippen LogP contribution is 2.32. The topological polar surface area (TPSA) is 66.7 Å². The molecule has 0 aromatic heterocycles. The first-order valence-corrected chi connectivity index (χ1v) is 7.08. The van der Waals surface area contributed by atoms with E-state index in [-0.39, 0.29) is 16.8 Å². The first kappa shape index (κ1) is 11.6. The average molecular weight is 257 g/mol. The van der Waals surface area contributed by atoms with Gasteiger partial charge in [0, 0.05) is 10.8 Å². The fraction of sp³-hybridized carbons (Fsp3) is 0.300. The van der Waals surface area contributed by atoms with Gasteiger partial charge in [-0.3, -0.25) is 0 Å². The molecule has 0 radical (unpaired) electrons. The zero-order chi connectivity index (χ0) is 11.8. The molecule has 1 aliphatic rings. The highest BCUT2D eigenvalue weighted by Gasteiger charge is 2.29. The Morgan fingerprint density at radius 3 is 2.81 bits per heavy atom. The van der Waals surface area contributed by atoms with Crippen molar-refractivity contribution in [3.8, 4) is 0 Å². The van der Waals surface area contributed by atoms with E-state index < -0.39 is 10.0 Å². The summed E-state index contributed by atoms with van der Waals surface area (Å²) in [7, 11) is -3.52. The van der Waals surface area contributed by atoms with Gasteiger partial charge in [0.1, 0.15) is 5.04 Å². The first-order chi connectivity index (χ1) is 7.54. The fourth-order valence-corrected chi connectivity index (χ4v) is 3.79. The van der Waals surface area contributed by atoms with Gasteiger partial charge in [-0.25, -0.2) is 0 Å². The maximum Gasteiger partial charge on any atom is 0.284 e. The van der Waals surface area contributed by atoms with Crippen LogP contribution in [-0.4, -0.2) is 30.4 Å². The number of aliphatic hydroxyl groups is 1. The third-order valence-electron chi connectivity index (χ3n) is 2.17. The van der Waals surface area contributed by atoms with Gasteiger partial charge in [0.15, 0.2) is 0 Å². The zero-order valence-electron chi connectivity index (χ0n) is 8.62. The van der Waals surface area contributed by atoms with Gasteiger partial charge in [0.05, 0.1) is 11.5 Å². The Balaban J connectivity index is 2.43. The van der Waals surface area contributed by atoms with Crippen LogP contribution in [0.1, 0.15) is 12.5 Å². The highest BCUT2D eigenvalue weighted by molar-refractivity contribution is 8.16. The van der Waals surface area contributed by atoms with E-state index in [1.54, 1.807) is 24.3 Å². The maximum atomic E-state index is 11.7. The Labute approximate surface area is 98.5 Å².